The summed E-state index contributed by atoms with van der Waals surface area (Å²) in [4.78, 5) is 12.1. The molecule has 2 heterocycles. The van der Waals surface area contributed by atoms with E-state index in [1.54, 1.807) is 19.1 Å². The maximum atomic E-state index is 12.4. The number of hydrogen-bond acceptors (Lipinski definition) is 6. The molecule has 2 aromatic heterocycles. The Balaban J connectivity index is 1.84. The Morgan fingerprint density at radius 1 is 1.08 bits per heavy atom. The largest absolute Gasteiger partial charge is 0.508 e. The number of phenols is 1. The zero-order chi connectivity index (χ0) is 18.0. The van der Waals surface area contributed by atoms with Crippen molar-refractivity contribution in [1.82, 2.24) is 15.0 Å². The van der Waals surface area contributed by atoms with Gasteiger partial charge in [0.15, 0.2) is 5.82 Å². The zero-order valence-corrected chi connectivity index (χ0v) is 14.6. The predicted octanol–water partition coefficient (Wildman–Crippen LogP) is 3.01. The summed E-state index contributed by atoms with van der Waals surface area (Å²) in [5, 5.41) is 9.74. The van der Waals surface area contributed by atoms with Gasteiger partial charge in [0.1, 0.15) is 15.8 Å². The molecule has 1 aromatic carbocycles. The van der Waals surface area contributed by atoms with E-state index < -0.39 is 10.0 Å². The van der Waals surface area contributed by atoms with E-state index in [4.69, 9.17) is 11.6 Å². The fourth-order valence-electron chi connectivity index (χ4n) is 2.07. The van der Waals surface area contributed by atoms with Crippen LogP contribution in [0.25, 0.3) is 11.4 Å². The Labute approximate surface area is 149 Å². The summed E-state index contributed by atoms with van der Waals surface area (Å²) in [7, 11) is -3.83. The monoisotopic (exact) mass is 376 g/mol. The summed E-state index contributed by atoms with van der Waals surface area (Å²) in [6.45, 7) is 1.67. The molecular formula is C16H13ClN4O3S. The number of sulfonamides is 1. The van der Waals surface area contributed by atoms with Gasteiger partial charge in [-0.1, -0.05) is 23.7 Å². The third-order valence-electron chi connectivity index (χ3n) is 3.31. The van der Waals surface area contributed by atoms with E-state index in [1.807, 2.05) is 0 Å². The number of benzene rings is 1. The standard InChI is InChI=1S/C16H13ClN4O3S/c1-10-5-14(9-18-15(10)17)25(23,24)21-12-7-19-16(20-8-12)11-3-2-4-13(22)6-11/h2-9,21-22H,1H3. The number of aromatic hydroxyl groups is 1. The van der Waals surface area contributed by atoms with Crippen molar-refractivity contribution < 1.29 is 13.5 Å². The van der Waals surface area contributed by atoms with Gasteiger partial charge in [-0.25, -0.2) is 23.4 Å². The second-order valence-electron chi connectivity index (χ2n) is 5.23. The van der Waals surface area contributed by atoms with E-state index in [1.165, 1.54) is 36.8 Å². The van der Waals surface area contributed by atoms with E-state index in [2.05, 4.69) is 19.7 Å². The lowest BCUT2D eigenvalue weighted by molar-refractivity contribution is 0.475. The van der Waals surface area contributed by atoms with Gasteiger partial charge in [-0.3, -0.25) is 4.72 Å². The Morgan fingerprint density at radius 2 is 1.80 bits per heavy atom. The number of aryl methyl sites for hydroxylation is 1. The average molecular weight is 377 g/mol. The van der Waals surface area contributed by atoms with Gasteiger partial charge in [0.05, 0.1) is 18.1 Å². The molecule has 0 aliphatic carbocycles. The van der Waals surface area contributed by atoms with E-state index in [-0.39, 0.29) is 21.5 Å². The Bertz CT molecular complexity index is 1020. The van der Waals surface area contributed by atoms with Crippen LogP contribution in [0.2, 0.25) is 5.15 Å². The Kier molecular flexibility index (Phi) is 4.56. The van der Waals surface area contributed by atoms with Gasteiger partial charge in [0.2, 0.25) is 0 Å². The topological polar surface area (TPSA) is 105 Å². The molecule has 0 aliphatic rings. The van der Waals surface area contributed by atoms with Crippen molar-refractivity contribution in [2.45, 2.75) is 11.8 Å². The van der Waals surface area contributed by atoms with Gasteiger partial charge < -0.3 is 5.11 Å². The average Bonchev–Trinajstić information content (AvgIpc) is 2.57. The highest BCUT2D eigenvalue weighted by molar-refractivity contribution is 7.92. The molecule has 7 nitrogen and oxygen atoms in total. The number of nitrogens with zero attached hydrogens (tertiary/aromatic N) is 3. The highest BCUT2D eigenvalue weighted by Crippen LogP contribution is 2.22. The molecule has 0 saturated heterocycles. The first kappa shape index (κ1) is 17.1. The van der Waals surface area contributed by atoms with Gasteiger partial charge >= 0.3 is 0 Å². The number of nitrogens with one attached hydrogen (secondary N) is 1. The van der Waals surface area contributed by atoms with E-state index in [0.29, 0.717) is 17.0 Å². The smallest absolute Gasteiger partial charge is 0.263 e. The number of aromatic nitrogens is 3. The van der Waals surface area contributed by atoms with Crippen LogP contribution in [0.3, 0.4) is 0 Å². The van der Waals surface area contributed by atoms with E-state index in [9.17, 15) is 13.5 Å². The van der Waals surface area contributed by atoms with Crippen LogP contribution in [0.1, 0.15) is 5.56 Å². The number of hydrogen-bond donors (Lipinski definition) is 2. The lowest BCUT2D eigenvalue weighted by Gasteiger charge is -2.09. The summed E-state index contributed by atoms with van der Waals surface area (Å²) in [5.41, 5.74) is 1.38. The molecule has 0 radical (unpaired) electrons. The van der Waals surface area contributed by atoms with Gasteiger partial charge in [-0.15, -0.1) is 0 Å². The number of phenolic OH excluding ortho intramolecular Hbond substituents is 1. The molecule has 25 heavy (non-hydrogen) atoms. The molecule has 128 valence electrons. The summed E-state index contributed by atoms with van der Waals surface area (Å²) in [5.74, 6) is 0.458. The van der Waals surface area contributed by atoms with Crippen molar-refractivity contribution in [3.63, 3.8) is 0 Å². The maximum Gasteiger partial charge on any atom is 0.263 e. The Morgan fingerprint density at radius 3 is 2.44 bits per heavy atom. The van der Waals surface area contributed by atoms with Crippen molar-refractivity contribution in [3.05, 3.63) is 59.6 Å². The minimum Gasteiger partial charge on any atom is -0.508 e. The van der Waals surface area contributed by atoms with Gasteiger partial charge in [-0.2, -0.15) is 0 Å². The highest BCUT2D eigenvalue weighted by atomic mass is 35.5. The molecule has 0 spiro atoms. The molecule has 0 fully saturated rings. The minimum atomic E-state index is -3.83. The van der Waals surface area contributed by atoms with Crippen LogP contribution < -0.4 is 4.72 Å². The van der Waals surface area contributed by atoms with Crippen molar-refractivity contribution in [2.75, 3.05) is 4.72 Å². The summed E-state index contributed by atoms with van der Waals surface area (Å²) < 4.78 is 27.1. The fourth-order valence-corrected chi connectivity index (χ4v) is 3.23. The quantitative estimate of drug-likeness (QED) is 0.678. The molecule has 0 atom stereocenters. The second-order valence-corrected chi connectivity index (χ2v) is 7.27. The maximum absolute atomic E-state index is 12.4. The van der Waals surface area contributed by atoms with Crippen LogP contribution in [0.15, 0.2) is 53.8 Å². The molecule has 0 unspecified atom stereocenters. The molecule has 2 N–H and O–H groups in total. The molecule has 0 amide bonds. The molecule has 3 rings (SSSR count). The number of halogens is 1. The van der Waals surface area contributed by atoms with Gasteiger partial charge in [0.25, 0.3) is 10.0 Å². The van der Waals surface area contributed by atoms with Gasteiger partial charge in [-0.05, 0) is 30.7 Å². The van der Waals surface area contributed by atoms with Crippen molar-refractivity contribution in [3.8, 4) is 17.1 Å². The summed E-state index contributed by atoms with van der Waals surface area (Å²) in [6, 6.07) is 7.89. The SMILES string of the molecule is Cc1cc(S(=O)(=O)Nc2cnc(-c3cccc(O)c3)nc2)cnc1Cl. The lowest BCUT2D eigenvalue weighted by Crippen LogP contribution is -2.14. The van der Waals surface area contributed by atoms with Crippen LogP contribution in [0, 0.1) is 6.92 Å². The molecular weight excluding hydrogens is 364 g/mol. The minimum absolute atomic E-state index is 0.00791. The number of rotatable bonds is 4. The number of anilines is 1. The molecule has 0 saturated carbocycles. The molecule has 0 bridgehead atoms. The third-order valence-corrected chi connectivity index (χ3v) is 5.05. The second kappa shape index (κ2) is 6.66. The molecule has 0 aliphatic heterocycles. The fraction of sp³-hybridized carbons (Fsp3) is 0.0625. The Hall–Kier alpha value is -2.71. The first-order valence-corrected chi connectivity index (χ1v) is 8.98. The van der Waals surface area contributed by atoms with Crippen molar-refractivity contribution in [2.24, 2.45) is 0 Å². The van der Waals surface area contributed by atoms with Gasteiger partial charge in [0, 0.05) is 11.8 Å². The molecule has 3 aromatic rings. The predicted molar refractivity (Wildman–Crippen MR) is 93.9 cm³/mol. The van der Waals surface area contributed by atoms with Crippen LogP contribution in [-0.2, 0) is 10.0 Å². The zero-order valence-electron chi connectivity index (χ0n) is 13.0. The normalized spacial score (nSPS) is 11.3. The highest BCUT2D eigenvalue weighted by Gasteiger charge is 2.16. The van der Waals surface area contributed by atoms with E-state index in [0.717, 1.165) is 0 Å². The third kappa shape index (κ3) is 3.86. The first-order valence-electron chi connectivity index (χ1n) is 7.11. The summed E-state index contributed by atoms with van der Waals surface area (Å²) in [6.07, 6.45) is 3.87. The number of pyridine rings is 1. The van der Waals surface area contributed by atoms with Crippen molar-refractivity contribution in [1.29, 1.82) is 0 Å². The van der Waals surface area contributed by atoms with Crippen molar-refractivity contribution >= 4 is 27.3 Å². The van der Waals surface area contributed by atoms with Crippen LogP contribution in [0.5, 0.6) is 5.75 Å². The summed E-state index contributed by atoms with van der Waals surface area (Å²) >= 11 is 5.81. The molecule has 9 heteroatoms. The van der Waals surface area contributed by atoms with Crippen LogP contribution in [0.4, 0.5) is 5.69 Å². The first-order chi connectivity index (χ1) is 11.8. The van der Waals surface area contributed by atoms with E-state index >= 15 is 0 Å². The lowest BCUT2D eigenvalue weighted by atomic mass is 10.2. The van der Waals surface area contributed by atoms with Crippen LogP contribution in [-0.4, -0.2) is 28.5 Å². The van der Waals surface area contributed by atoms with Crippen LogP contribution >= 0.6 is 11.6 Å².